The summed E-state index contributed by atoms with van der Waals surface area (Å²) in [7, 11) is 0. The fourth-order valence-corrected chi connectivity index (χ4v) is 2.94. The first kappa shape index (κ1) is 15.8. The van der Waals surface area contributed by atoms with Crippen LogP contribution in [0.2, 0.25) is 0 Å². The summed E-state index contributed by atoms with van der Waals surface area (Å²) < 4.78 is 0. The molecular weight excluding hydrogens is 280 g/mol. The summed E-state index contributed by atoms with van der Waals surface area (Å²) in [5, 5.41) is 4.34. The van der Waals surface area contributed by atoms with E-state index >= 15 is 0 Å². The van der Waals surface area contributed by atoms with Gasteiger partial charge < -0.3 is 5.32 Å². The molecule has 2 rings (SSSR count). The molecule has 0 saturated carbocycles. The summed E-state index contributed by atoms with van der Waals surface area (Å²) in [5.74, 6) is 2.49. The minimum absolute atomic E-state index is 0.735. The predicted octanol–water partition coefficient (Wildman–Crippen LogP) is 3.91. The van der Waals surface area contributed by atoms with Crippen LogP contribution in [0.25, 0.3) is 0 Å². The van der Waals surface area contributed by atoms with Crippen LogP contribution in [0, 0.1) is 20.8 Å². The van der Waals surface area contributed by atoms with Crippen molar-refractivity contribution in [2.24, 2.45) is 0 Å². The van der Waals surface area contributed by atoms with Crippen LogP contribution in [0.5, 0.6) is 0 Å². The van der Waals surface area contributed by atoms with Crippen molar-refractivity contribution in [3.8, 4) is 0 Å². The van der Waals surface area contributed by atoms with Crippen LogP contribution in [-0.4, -0.2) is 21.5 Å². The number of thioether (sulfide) groups is 1. The zero-order valence-electron chi connectivity index (χ0n) is 13.1. The van der Waals surface area contributed by atoms with E-state index in [1.54, 1.807) is 11.8 Å². The van der Waals surface area contributed by atoms with E-state index in [1.807, 2.05) is 19.9 Å². The van der Waals surface area contributed by atoms with E-state index in [0.717, 1.165) is 46.8 Å². The molecule has 1 N–H and O–H groups in total. The molecule has 0 bridgehead atoms. The normalized spacial score (nSPS) is 10.7. The summed E-state index contributed by atoms with van der Waals surface area (Å²) in [6.07, 6.45) is 1.08. The molecule has 0 aliphatic heterocycles. The van der Waals surface area contributed by atoms with Gasteiger partial charge in [-0.15, -0.1) is 0 Å². The third-order valence-electron chi connectivity index (χ3n) is 2.88. The van der Waals surface area contributed by atoms with Gasteiger partial charge in [0, 0.05) is 24.0 Å². The summed E-state index contributed by atoms with van der Waals surface area (Å²) >= 11 is 1.68. The van der Waals surface area contributed by atoms with Gasteiger partial charge in [0.15, 0.2) is 0 Å². The van der Waals surface area contributed by atoms with Crippen molar-refractivity contribution >= 4 is 17.6 Å². The summed E-state index contributed by atoms with van der Waals surface area (Å²) in [6.45, 7) is 9.19. The molecular formula is C16H22N4S. The monoisotopic (exact) mass is 302 g/mol. The second-order valence-corrected chi connectivity index (χ2v) is 6.15. The SMILES string of the molecule is CCCNc1cc(C)nc(CSc2cc(C)cc(C)n2)n1. The second-order valence-electron chi connectivity index (χ2n) is 5.15. The first-order valence-corrected chi connectivity index (χ1v) is 8.22. The molecule has 0 aromatic carbocycles. The minimum atomic E-state index is 0.735. The van der Waals surface area contributed by atoms with E-state index in [4.69, 9.17) is 0 Å². The van der Waals surface area contributed by atoms with Crippen molar-refractivity contribution in [2.75, 3.05) is 11.9 Å². The molecule has 0 aliphatic rings. The fourth-order valence-electron chi connectivity index (χ4n) is 2.05. The van der Waals surface area contributed by atoms with Crippen molar-refractivity contribution in [3.05, 3.63) is 41.0 Å². The van der Waals surface area contributed by atoms with Crippen LogP contribution in [0.3, 0.4) is 0 Å². The van der Waals surface area contributed by atoms with Crippen molar-refractivity contribution in [3.63, 3.8) is 0 Å². The Labute approximate surface area is 130 Å². The Morgan fingerprint density at radius 1 is 1.00 bits per heavy atom. The van der Waals surface area contributed by atoms with Crippen LogP contribution in [0.15, 0.2) is 23.2 Å². The number of aromatic nitrogens is 3. The highest BCUT2D eigenvalue weighted by atomic mass is 32.2. The molecule has 0 radical (unpaired) electrons. The standard InChI is InChI=1S/C16H22N4S/c1-5-6-17-14-9-13(4)18-15(20-14)10-21-16-8-11(2)7-12(3)19-16/h7-9H,5-6,10H2,1-4H3,(H,17,18,20). The fraction of sp³-hybridized carbons (Fsp3) is 0.438. The number of rotatable bonds is 6. The molecule has 0 saturated heterocycles. The Morgan fingerprint density at radius 2 is 1.76 bits per heavy atom. The zero-order valence-corrected chi connectivity index (χ0v) is 13.9. The van der Waals surface area contributed by atoms with E-state index in [0.29, 0.717) is 0 Å². The Balaban J connectivity index is 2.06. The van der Waals surface area contributed by atoms with Crippen molar-refractivity contribution in [1.82, 2.24) is 15.0 Å². The summed E-state index contributed by atoms with van der Waals surface area (Å²) in [6, 6.07) is 6.17. The third kappa shape index (κ3) is 5.01. The quantitative estimate of drug-likeness (QED) is 0.820. The lowest BCUT2D eigenvalue weighted by atomic mass is 10.3. The van der Waals surface area contributed by atoms with Gasteiger partial charge in [0.2, 0.25) is 0 Å². The molecule has 0 amide bonds. The van der Waals surface area contributed by atoms with Gasteiger partial charge in [0.1, 0.15) is 11.6 Å². The van der Waals surface area contributed by atoms with Crippen LogP contribution < -0.4 is 5.32 Å². The van der Waals surface area contributed by atoms with Gasteiger partial charge in [0.25, 0.3) is 0 Å². The van der Waals surface area contributed by atoms with Gasteiger partial charge in [-0.05, 0) is 44.9 Å². The van der Waals surface area contributed by atoms with Crippen LogP contribution in [0.1, 0.15) is 36.1 Å². The van der Waals surface area contributed by atoms with Crippen LogP contribution in [0.4, 0.5) is 5.82 Å². The Morgan fingerprint density at radius 3 is 2.48 bits per heavy atom. The van der Waals surface area contributed by atoms with Gasteiger partial charge in [0.05, 0.1) is 10.8 Å². The number of anilines is 1. The van der Waals surface area contributed by atoms with E-state index in [9.17, 15) is 0 Å². The second kappa shape index (κ2) is 7.41. The molecule has 5 heteroatoms. The number of nitrogens with zero attached hydrogens (tertiary/aromatic N) is 3. The number of hydrogen-bond acceptors (Lipinski definition) is 5. The smallest absolute Gasteiger partial charge is 0.141 e. The predicted molar refractivity (Wildman–Crippen MR) is 88.8 cm³/mol. The van der Waals surface area contributed by atoms with Gasteiger partial charge in [-0.1, -0.05) is 18.7 Å². The topological polar surface area (TPSA) is 50.7 Å². The highest BCUT2D eigenvalue weighted by Crippen LogP contribution is 2.21. The zero-order chi connectivity index (χ0) is 15.2. The Kier molecular flexibility index (Phi) is 5.56. The van der Waals surface area contributed by atoms with Gasteiger partial charge in [-0.3, -0.25) is 0 Å². The highest BCUT2D eigenvalue weighted by molar-refractivity contribution is 7.98. The number of hydrogen-bond donors (Lipinski definition) is 1. The lowest BCUT2D eigenvalue weighted by Crippen LogP contribution is -2.05. The average molecular weight is 302 g/mol. The highest BCUT2D eigenvalue weighted by Gasteiger charge is 2.05. The maximum absolute atomic E-state index is 4.56. The Bertz CT molecular complexity index is 593. The molecule has 0 fully saturated rings. The van der Waals surface area contributed by atoms with E-state index < -0.39 is 0 Å². The molecule has 0 atom stereocenters. The number of nitrogens with one attached hydrogen (secondary N) is 1. The van der Waals surface area contributed by atoms with Gasteiger partial charge in [-0.25, -0.2) is 15.0 Å². The Hall–Kier alpha value is -1.62. The van der Waals surface area contributed by atoms with Gasteiger partial charge in [-0.2, -0.15) is 0 Å². The maximum atomic E-state index is 4.56. The van der Waals surface area contributed by atoms with E-state index in [1.165, 1.54) is 5.56 Å². The molecule has 0 spiro atoms. The molecule has 0 unspecified atom stereocenters. The molecule has 2 aromatic heterocycles. The lowest BCUT2D eigenvalue weighted by molar-refractivity contribution is 0.939. The molecule has 4 nitrogen and oxygen atoms in total. The van der Waals surface area contributed by atoms with Crippen molar-refractivity contribution in [1.29, 1.82) is 0 Å². The number of aryl methyl sites for hydroxylation is 3. The summed E-state index contributed by atoms with van der Waals surface area (Å²) in [4.78, 5) is 13.6. The molecule has 21 heavy (non-hydrogen) atoms. The van der Waals surface area contributed by atoms with E-state index in [2.05, 4.69) is 46.2 Å². The molecule has 2 aromatic rings. The van der Waals surface area contributed by atoms with Crippen LogP contribution in [-0.2, 0) is 5.75 Å². The van der Waals surface area contributed by atoms with Crippen LogP contribution >= 0.6 is 11.8 Å². The van der Waals surface area contributed by atoms with E-state index in [-0.39, 0.29) is 0 Å². The van der Waals surface area contributed by atoms with Gasteiger partial charge >= 0.3 is 0 Å². The maximum Gasteiger partial charge on any atom is 0.141 e. The van der Waals surface area contributed by atoms with Crippen molar-refractivity contribution < 1.29 is 0 Å². The average Bonchev–Trinajstić information content (AvgIpc) is 2.41. The summed E-state index contributed by atoms with van der Waals surface area (Å²) in [5.41, 5.74) is 3.28. The van der Waals surface area contributed by atoms with Crippen molar-refractivity contribution in [2.45, 2.75) is 44.9 Å². The largest absolute Gasteiger partial charge is 0.370 e. The molecule has 0 aliphatic carbocycles. The minimum Gasteiger partial charge on any atom is -0.370 e. The first-order valence-electron chi connectivity index (χ1n) is 7.23. The molecule has 112 valence electrons. The first-order chi connectivity index (χ1) is 10.1. The third-order valence-corrected chi connectivity index (χ3v) is 3.79. The molecule has 2 heterocycles. The number of pyridine rings is 1. The lowest BCUT2D eigenvalue weighted by Gasteiger charge is -2.08.